The summed E-state index contributed by atoms with van der Waals surface area (Å²) in [6.45, 7) is 11.2. The third-order valence-electron chi connectivity index (χ3n) is 6.59. The van der Waals surface area contributed by atoms with Gasteiger partial charge in [-0.15, -0.1) is 0 Å². The molecule has 174 valence electrons. The number of aromatic nitrogens is 1. The molecule has 31 heavy (non-hydrogen) atoms. The van der Waals surface area contributed by atoms with Crippen LogP contribution in [0.25, 0.3) is 0 Å². The number of nitrogens with zero attached hydrogens (tertiary/aromatic N) is 3. The quantitative estimate of drug-likeness (QED) is 0.688. The molecule has 7 nitrogen and oxygen atoms in total. The van der Waals surface area contributed by atoms with Crippen LogP contribution in [0.15, 0.2) is 17.0 Å². The lowest BCUT2D eigenvalue weighted by atomic mass is 9.87. The van der Waals surface area contributed by atoms with Crippen LogP contribution >= 0.6 is 0 Å². The van der Waals surface area contributed by atoms with E-state index >= 15 is 0 Å². The Morgan fingerprint density at radius 2 is 2.00 bits per heavy atom. The van der Waals surface area contributed by atoms with Gasteiger partial charge < -0.3 is 10.2 Å². The highest BCUT2D eigenvalue weighted by Gasteiger charge is 2.41. The van der Waals surface area contributed by atoms with Crippen LogP contribution < -0.4 is 10.2 Å². The van der Waals surface area contributed by atoms with E-state index in [2.05, 4.69) is 17.2 Å². The Labute approximate surface area is 187 Å². The minimum Gasteiger partial charge on any atom is -0.353 e. The smallest absolute Gasteiger partial charge is 0.247 e. The van der Waals surface area contributed by atoms with E-state index in [1.54, 1.807) is 12.1 Å². The first-order valence-electron chi connectivity index (χ1n) is 11.7. The first-order chi connectivity index (χ1) is 14.6. The molecule has 2 fully saturated rings. The van der Waals surface area contributed by atoms with Gasteiger partial charge >= 0.3 is 0 Å². The molecule has 2 heterocycles. The van der Waals surface area contributed by atoms with Gasteiger partial charge in [0.1, 0.15) is 16.8 Å². The molecule has 3 atom stereocenters. The highest BCUT2D eigenvalue weighted by Crippen LogP contribution is 2.32. The number of hydrogen-bond acceptors (Lipinski definition) is 5. The molecule has 1 aliphatic carbocycles. The fraction of sp³-hybridized carbons (Fsp3) is 0.739. The number of anilines is 1. The third kappa shape index (κ3) is 5.22. The molecule has 0 radical (unpaired) electrons. The maximum Gasteiger partial charge on any atom is 0.247 e. The van der Waals surface area contributed by atoms with Crippen LogP contribution in [0.3, 0.4) is 0 Å². The molecule has 1 aromatic rings. The highest BCUT2D eigenvalue weighted by molar-refractivity contribution is 7.89. The summed E-state index contributed by atoms with van der Waals surface area (Å²) in [6.07, 6.45) is 5.50. The summed E-state index contributed by atoms with van der Waals surface area (Å²) in [5.74, 6) is 0.919. The number of sulfonamides is 1. The Kier molecular flexibility index (Phi) is 7.63. The molecule has 1 saturated heterocycles. The number of carbonyl (C=O) groups excluding carboxylic acids is 1. The minimum absolute atomic E-state index is 0.110. The zero-order chi connectivity index (χ0) is 22.8. The van der Waals surface area contributed by atoms with E-state index in [-0.39, 0.29) is 22.9 Å². The predicted molar refractivity (Wildman–Crippen MR) is 124 cm³/mol. The Morgan fingerprint density at radius 1 is 1.26 bits per heavy atom. The van der Waals surface area contributed by atoms with Gasteiger partial charge in [-0.3, -0.25) is 4.79 Å². The van der Waals surface area contributed by atoms with E-state index in [4.69, 9.17) is 0 Å². The molecule has 0 spiro atoms. The summed E-state index contributed by atoms with van der Waals surface area (Å²) in [5.41, 5.74) is 0.773. The van der Waals surface area contributed by atoms with Crippen LogP contribution in [0.4, 0.5) is 5.82 Å². The van der Waals surface area contributed by atoms with Crippen molar-refractivity contribution >= 4 is 21.7 Å². The molecule has 1 N–H and O–H groups in total. The molecule has 1 aromatic heterocycles. The molecule has 2 aliphatic rings. The van der Waals surface area contributed by atoms with Gasteiger partial charge in [0.05, 0.1) is 0 Å². The van der Waals surface area contributed by atoms with Crippen LogP contribution in [0, 0.1) is 12.8 Å². The van der Waals surface area contributed by atoms with Gasteiger partial charge in [0, 0.05) is 30.9 Å². The molecular weight excluding hydrogens is 412 g/mol. The van der Waals surface area contributed by atoms with Gasteiger partial charge in [-0.05, 0) is 71.4 Å². The maximum absolute atomic E-state index is 13.7. The number of aryl methyl sites for hydroxylation is 1. The van der Waals surface area contributed by atoms with Crippen molar-refractivity contribution in [1.29, 1.82) is 0 Å². The summed E-state index contributed by atoms with van der Waals surface area (Å²) < 4.78 is 28.9. The van der Waals surface area contributed by atoms with E-state index in [1.807, 2.05) is 32.6 Å². The molecule has 8 heteroatoms. The van der Waals surface area contributed by atoms with E-state index in [0.29, 0.717) is 37.7 Å². The number of pyridine rings is 1. The summed E-state index contributed by atoms with van der Waals surface area (Å²) in [4.78, 5) is 19.9. The standard InChI is InChI=1S/C23H38N4O3S/c1-6-26(16(2)3)22-21(13-12-18(5)24-22)31(29,30)27-14-8-11-20(27)23(28)25-19-10-7-9-17(4)15-19/h12-13,16-17,19-20H,6-11,14-15H2,1-5H3,(H,25,28)/t17?,19?,20-/m0/s1. The van der Waals surface area contributed by atoms with Crippen LogP contribution in [-0.4, -0.2) is 54.8 Å². The van der Waals surface area contributed by atoms with Gasteiger partial charge in [0.15, 0.2) is 0 Å². The van der Waals surface area contributed by atoms with Crippen molar-refractivity contribution in [2.45, 2.75) is 96.2 Å². The third-order valence-corrected chi connectivity index (χ3v) is 8.52. The molecule has 2 unspecified atom stereocenters. The SMILES string of the molecule is CCN(c1nc(C)ccc1S(=O)(=O)N1CCC[C@H]1C(=O)NC1CCCC(C)C1)C(C)C. The number of nitrogens with one attached hydrogen (secondary N) is 1. The van der Waals surface area contributed by atoms with Crippen molar-refractivity contribution in [2.75, 3.05) is 18.0 Å². The van der Waals surface area contributed by atoms with Gasteiger partial charge in [-0.2, -0.15) is 4.31 Å². The average Bonchev–Trinajstić information content (AvgIpc) is 3.19. The molecule has 0 bridgehead atoms. The lowest BCUT2D eigenvalue weighted by Crippen LogP contribution is -2.49. The van der Waals surface area contributed by atoms with Crippen molar-refractivity contribution in [3.63, 3.8) is 0 Å². The Bertz CT molecular complexity index is 887. The van der Waals surface area contributed by atoms with Gasteiger partial charge in [-0.25, -0.2) is 13.4 Å². The molecule has 1 aliphatic heterocycles. The number of amides is 1. The normalized spacial score (nSPS) is 25.0. The Hall–Kier alpha value is -1.67. The van der Waals surface area contributed by atoms with Crippen molar-refractivity contribution in [3.05, 3.63) is 17.8 Å². The second kappa shape index (κ2) is 9.86. The monoisotopic (exact) mass is 450 g/mol. The Balaban J connectivity index is 1.88. The lowest BCUT2D eigenvalue weighted by molar-refractivity contribution is -0.125. The largest absolute Gasteiger partial charge is 0.353 e. The first kappa shape index (κ1) is 24.0. The Morgan fingerprint density at radius 3 is 2.65 bits per heavy atom. The summed E-state index contributed by atoms with van der Waals surface area (Å²) >= 11 is 0. The van der Waals surface area contributed by atoms with Crippen molar-refractivity contribution in [2.24, 2.45) is 5.92 Å². The summed E-state index contributed by atoms with van der Waals surface area (Å²) in [6, 6.07) is 2.99. The molecule has 0 aromatic carbocycles. The summed E-state index contributed by atoms with van der Waals surface area (Å²) in [5, 5.41) is 3.15. The van der Waals surface area contributed by atoms with Gasteiger partial charge in [0.25, 0.3) is 0 Å². The summed E-state index contributed by atoms with van der Waals surface area (Å²) in [7, 11) is -3.85. The second-order valence-electron chi connectivity index (χ2n) is 9.41. The van der Waals surface area contributed by atoms with Crippen LogP contribution in [0.5, 0.6) is 0 Å². The zero-order valence-corrected chi connectivity index (χ0v) is 20.4. The van der Waals surface area contributed by atoms with E-state index in [9.17, 15) is 13.2 Å². The van der Waals surface area contributed by atoms with Crippen LogP contribution in [0.1, 0.15) is 71.9 Å². The zero-order valence-electron chi connectivity index (χ0n) is 19.6. The van der Waals surface area contributed by atoms with Crippen molar-refractivity contribution in [3.8, 4) is 0 Å². The van der Waals surface area contributed by atoms with E-state index in [1.165, 1.54) is 10.7 Å². The van der Waals surface area contributed by atoms with Gasteiger partial charge in [-0.1, -0.05) is 19.8 Å². The number of rotatable bonds is 7. The molecule has 1 amide bonds. The number of carbonyl (C=O) groups is 1. The van der Waals surface area contributed by atoms with Gasteiger partial charge in [0.2, 0.25) is 15.9 Å². The lowest BCUT2D eigenvalue weighted by Gasteiger charge is -2.32. The van der Waals surface area contributed by atoms with Crippen molar-refractivity contribution in [1.82, 2.24) is 14.6 Å². The maximum atomic E-state index is 13.7. The average molecular weight is 451 g/mol. The minimum atomic E-state index is -3.85. The molecule has 1 saturated carbocycles. The number of hydrogen-bond donors (Lipinski definition) is 1. The molecule has 3 rings (SSSR count). The van der Waals surface area contributed by atoms with E-state index < -0.39 is 16.1 Å². The van der Waals surface area contributed by atoms with Crippen LogP contribution in [0.2, 0.25) is 0 Å². The van der Waals surface area contributed by atoms with Crippen LogP contribution in [-0.2, 0) is 14.8 Å². The first-order valence-corrected chi connectivity index (χ1v) is 13.2. The second-order valence-corrected chi connectivity index (χ2v) is 11.3. The highest BCUT2D eigenvalue weighted by atomic mass is 32.2. The topological polar surface area (TPSA) is 82.6 Å². The van der Waals surface area contributed by atoms with E-state index in [0.717, 1.165) is 25.0 Å². The predicted octanol–water partition coefficient (Wildman–Crippen LogP) is 3.47. The van der Waals surface area contributed by atoms with Crippen molar-refractivity contribution < 1.29 is 13.2 Å². The molecular formula is C23H38N4O3S. The fourth-order valence-electron chi connectivity index (χ4n) is 4.98. The fourth-order valence-corrected chi connectivity index (χ4v) is 6.77.